The predicted molar refractivity (Wildman–Crippen MR) is 81.8 cm³/mol. The van der Waals surface area contributed by atoms with E-state index in [0.29, 0.717) is 5.92 Å². The van der Waals surface area contributed by atoms with E-state index < -0.39 is 0 Å². The lowest BCUT2D eigenvalue weighted by Crippen LogP contribution is -2.35. The van der Waals surface area contributed by atoms with Gasteiger partial charge in [-0.05, 0) is 68.7 Å². The molecule has 0 atom stereocenters. The maximum atomic E-state index is 5.98. The third-order valence-corrected chi connectivity index (χ3v) is 5.28. The number of rotatable bonds is 5. The van der Waals surface area contributed by atoms with Gasteiger partial charge in [0.1, 0.15) is 10.8 Å². The molecule has 2 aliphatic rings. The van der Waals surface area contributed by atoms with E-state index in [1.165, 1.54) is 55.9 Å². The smallest absolute Gasteiger partial charge is 0.142 e. The van der Waals surface area contributed by atoms with Crippen LogP contribution in [0, 0.1) is 5.92 Å². The first-order valence-corrected chi connectivity index (χ1v) is 8.26. The molecular formula is C14H24N4S. The minimum Gasteiger partial charge on any atom is -0.383 e. The highest BCUT2D eigenvalue weighted by molar-refractivity contribution is 7.10. The van der Waals surface area contributed by atoms with Crippen LogP contribution >= 0.6 is 11.5 Å². The SMILES string of the molecule is CCN1CCC(CNc2snc(N)c2C2CC2)CC1. The van der Waals surface area contributed by atoms with E-state index >= 15 is 0 Å². The Kier molecular flexibility index (Phi) is 3.93. The van der Waals surface area contributed by atoms with Gasteiger partial charge < -0.3 is 16.0 Å². The van der Waals surface area contributed by atoms with E-state index in [1.54, 1.807) is 11.5 Å². The average Bonchev–Trinajstić information content (AvgIpc) is 3.21. The van der Waals surface area contributed by atoms with Crippen molar-refractivity contribution in [2.75, 3.05) is 37.2 Å². The van der Waals surface area contributed by atoms with Gasteiger partial charge in [0.2, 0.25) is 0 Å². The summed E-state index contributed by atoms with van der Waals surface area (Å²) in [5, 5.41) is 4.85. The van der Waals surface area contributed by atoms with Crippen LogP contribution < -0.4 is 11.1 Å². The number of nitrogens with zero attached hydrogens (tertiary/aromatic N) is 2. The Morgan fingerprint density at radius 3 is 2.68 bits per heavy atom. The van der Waals surface area contributed by atoms with Crippen LogP contribution in [-0.4, -0.2) is 35.5 Å². The second kappa shape index (κ2) is 5.67. The lowest BCUT2D eigenvalue weighted by molar-refractivity contribution is 0.198. The fraction of sp³-hybridized carbons (Fsp3) is 0.786. The van der Waals surface area contributed by atoms with E-state index in [4.69, 9.17) is 5.73 Å². The van der Waals surface area contributed by atoms with Crippen LogP contribution in [0.15, 0.2) is 0 Å². The van der Waals surface area contributed by atoms with Crippen molar-refractivity contribution >= 4 is 22.4 Å². The van der Waals surface area contributed by atoms with Gasteiger partial charge in [0.15, 0.2) is 0 Å². The van der Waals surface area contributed by atoms with Gasteiger partial charge in [-0.1, -0.05) is 6.92 Å². The van der Waals surface area contributed by atoms with Crippen LogP contribution in [0.3, 0.4) is 0 Å². The second-order valence-electron chi connectivity index (χ2n) is 5.84. The fourth-order valence-corrected chi connectivity index (χ4v) is 3.75. The van der Waals surface area contributed by atoms with Crippen molar-refractivity contribution in [3.8, 4) is 0 Å². The van der Waals surface area contributed by atoms with Crippen molar-refractivity contribution in [3.05, 3.63) is 5.56 Å². The largest absolute Gasteiger partial charge is 0.383 e. The molecule has 106 valence electrons. The minimum atomic E-state index is 0.684. The molecule has 0 spiro atoms. The van der Waals surface area contributed by atoms with Gasteiger partial charge in [-0.2, -0.15) is 4.37 Å². The lowest BCUT2D eigenvalue weighted by atomic mass is 9.97. The first-order valence-electron chi connectivity index (χ1n) is 7.49. The highest BCUT2D eigenvalue weighted by atomic mass is 32.1. The van der Waals surface area contributed by atoms with Gasteiger partial charge in [0.05, 0.1) is 0 Å². The summed E-state index contributed by atoms with van der Waals surface area (Å²) in [7, 11) is 0. The highest BCUT2D eigenvalue weighted by Crippen LogP contribution is 2.47. The van der Waals surface area contributed by atoms with Crippen LogP contribution in [0.2, 0.25) is 0 Å². The lowest BCUT2D eigenvalue weighted by Gasteiger charge is -2.31. The number of piperidine rings is 1. The van der Waals surface area contributed by atoms with Gasteiger partial charge in [-0.25, -0.2) is 0 Å². The normalized spacial score (nSPS) is 21.7. The summed E-state index contributed by atoms with van der Waals surface area (Å²) in [4.78, 5) is 2.54. The van der Waals surface area contributed by atoms with Crippen molar-refractivity contribution in [1.29, 1.82) is 0 Å². The number of likely N-dealkylation sites (tertiary alicyclic amines) is 1. The molecule has 0 radical (unpaired) electrons. The monoisotopic (exact) mass is 280 g/mol. The summed E-state index contributed by atoms with van der Waals surface area (Å²) in [6.07, 6.45) is 5.19. The fourth-order valence-electron chi connectivity index (χ4n) is 2.95. The Morgan fingerprint density at radius 2 is 2.05 bits per heavy atom. The number of nitrogens with one attached hydrogen (secondary N) is 1. The van der Waals surface area contributed by atoms with E-state index in [9.17, 15) is 0 Å². The molecule has 0 unspecified atom stereocenters. The molecule has 1 aromatic heterocycles. The minimum absolute atomic E-state index is 0.684. The number of nitrogen functional groups attached to an aromatic ring is 1. The van der Waals surface area contributed by atoms with Gasteiger partial charge in [-0.15, -0.1) is 0 Å². The molecule has 3 N–H and O–H groups in total. The summed E-state index contributed by atoms with van der Waals surface area (Å²) >= 11 is 1.54. The van der Waals surface area contributed by atoms with Crippen molar-refractivity contribution in [1.82, 2.24) is 9.27 Å². The zero-order valence-corrected chi connectivity index (χ0v) is 12.5. The van der Waals surface area contributed by atoms with Crippen LogP contribution in [0.4, 0.5) is 10.8 Å². The number of hydrogen-bond acceptors (Lipinski definition) is 5. The van der Waals surface area contributed by atoms with Gasteiger partial charge in [-0.3, -0.25) is 0 Å². The van der Waals surface area contributed by atoms with Crippen molar-refractivity contribution < 1.29 is 0 Å². The summed E-state index contributed by atoms with van der Waals surface area (Å²) in [6, 6.07) is 0. The number of anilines is 2. The Bertz CT molecular complexity index is 419. The Balaban J connectivity index is 1.52. The van der Waals surface area contributed by atoms with Crippen molar-refractivity contribution in [2.45, 2.75) is 38.5 Å². The predicted octanol–water partition coefficient (Wildman–Crippen LogP) is 2.75. The van der Waals surface area contributed by atoms with Gasteiger partial charge >= 0.3 is 0 Å². The standard InChI is InChI=1S/C14H24N4S/c1-2-18-7-5-10(6-8-18)9-16-14-12(11-3-4-11)13(15)17-19-14/h10-11,16H,2-9H2,1H3,(H2,15,17). The Labute approximate surface area is 119 Å². The molecule has 19 heavy (non-hydrogen) atoms. The number of aromatic nitrogens is 1. The molecule has 4 nitrogen and oxygen atoms in total. The molecule has 0 aromatic carbocycles. The number of hydrogen-bond donors (Lipinski definition) is 2. The average molecular weight is 280 g/mol. The Hall–Kier alpha value is -0.810. The summed E-state index contributed by atoms with van der Waals surface area (Å²) in [5.41, 5.74) is 7.28. The molecule has 1 aliphatic carbocycles. The summed E-state index contributed by atoms with van der Waals surface area (Å²) in [5.74, 6) is 2.25. The zero-order chi connectivity index (χ0) is 13.2. The third-order valence-electron chi connectivity index (χ3n) is 4.45. The first-order chi connectivity index (χ1) is 9.28. The molecule has 1 aromatic rings. The second-order valence-corrected chi connectivity index (χ2v) is 6.62. The summed E-state index contributed by atoms with van der Waals surface area (Å²) < 4.78 is 4.32. The maximum absolute atomic E-state index is 5.98. The zero-order valence-electron chi connectivity index (χ0n) is 11.7. The quantitative estimate of drug-likeness (QED) is 0.871. The first kappa shape index (κ1) is 13.2. The van der Waals surface area contributed by atoms with E-state index in [-0.39, 0.29) is 0 Å². The molecule has 1 saturated heterocycles. The summed E-state index contributed by atoms with van der Waals surface area (Å²) in [6.45, 7) is 7.03. The van der Waals surface area contributed by atoms with Gasteiger partial charge in [0.25, 0.3) is 0 Å². The van der Waals surface area contributed by atoms with Crippen LogP contribution in [0.1, 0.15) is 44.1 Å². The third kappa shape index (κ3) is 3.03. The molecule has 2 heterocycles. The molecule has 5 heteroatoms. The van der Waals surface area contributed by atoms with Gasteiger partial charge in [0, 0.05) is 12.1 Å². The molecule has 1 aliphatic heterocycles. The Morgan fingerprint density at radius 1 is 1.32 bits per heavy atom. The van der Waals surface area contributed by atoms with E-state index in [1.807, 2.05) is 0 Å². The molecule has 1 saturated carbocycles. The topological polar surface area (TPSA) is 54.2 Å². The van der Waals surface area contributed by atoms with E-state index in [0.717, 1.165) is 18.3 Å². The van der Waals surface area contributed by atoms with Crippen molar-refractivity contribution in [2.24, 2.45) is 5.92 Å². The van der Waals surface area contributed by atoms with Crippen LogP contribution in [-0.2, 0) is 0 Å². The number of nitrogens with two attached hydrogens (primary N) is 1. The molecule has 3 rings (SSSR count). The highest BCUT2D eigenvalue weighted by Gasteiger charge is 2.30. The van der Waals surface area contributed by atoms with E-state index in [2.05, 4.69) is 21.5 Å². The molecule has 2 fully saturated rings. The maximum Gasteiger partial charge on any atom is 0.142 e. The molecule has 0 bridgehead atoms. The molecule has 0 amide bonds. The molecular weight excluding hydrogens is 256 g/mol. The van der Waals surface area contributed by atoms with Crippen molar-refractivity contribution in [3.63, 3.8) is 0 Å². The van der Waals surface area contributed by atoms with Crippen LogP contribution in [0.25, 0.3) is 0 Å². The van der Waals surface area contributed by atoms with Crippen LogP contribution in [0.5, 0.6) is 0 Å².